The van der Waals surface area contributed by atoms with Gasteiger partial charge in [-0.15, -0.1) is 0 Å². The van der Waals surface area contributed by atoms with Gasteiger partial charge in [0.1, 0.15) is 29.1 Å². The van der Waals surface area contributed by atoms with Crippen molar-refractivity contribution in [2.24, 2.45) is 0 Å². The Morgan fingerprint density at radius 1 is 0.943 bits per heavy atom. The molecule has 10 nitrogen and oxygen atoms in total. The van der Waals surface area contributed by atoms with Crippen molar-refractivity contribution in [1.29, 1.82) is 0 Å². The molecule has 10 heteroatoms. The number of hydrogen-bond donors (Lipinski definition) is 1. The number of imide groups is 1. The molecule has 0 radical (unpaired) electrons. The van der Waals surface area contributed by atoms with Crippen LogP contribution in [0, 0.1) is 0 Å². The Hall–Kier alpha value is -4.47. The number of nitrogens with one attached hydrogen (secondary N) is 1. The molecule has 3 aromatic rings. The lowest BCUT2D eigenvalue weighted by Gasteiger charge is -2.20. The van der Waals surface area contributed by atoms with E-state index in [0.29, 0.717) is 34.4 Å². The first-order chi connectivity index (χ1) is 16.9. The second-order valence-electron chi connectivity index (χ2n) is 7.73. The number of carbonyl (C=O) groups excluding carboxylic acids is 3. The summed E-state index contributed by atoms with van der Waals surface area (Å²) in [4.78, 5) is 42.0. The minimum atomic E-state index is -1.03. The van der Waals surface area contributed by atoms with Crippen LogP contribution in [0.15, 0.2) is 65.3 Å². The van der Waals surface area contributed by atoms with E-state index >= 15 is 0 Å². The monoisotopic (exact) mass is 479 g/mol. The molecule has 4 amide bonds. The first-order valence-corrected chi connectivity index (χ1v) is 10.8. The highest BCUT2D eigenvalue weighted by Gasteiger charge is 2.47. The van der Waals surface area contributed by atoms with Gasteiger partial charge in [-0.25, -0.2) is 9.69 Å². The van der Waals surface area contributed by atoms with Gasteiger partial charge in [-0.2, -0.15) is 0 Å². The van der Waals surface area contributed by atoms with E-state index in [2.05, 4.69) is 5.32 Å². The molecule has 1 fully saturated rings. The van der Waals surface area contributed by atoms with E-state index in [0.717, 1.165) is 4.90 Å². The average molecular weight is 479 g/mol. The number of carbonyl (C=O) groups is 3. The zero-order valence-corrected chi connectivity index (χ0v) is 19.5. The zero-order chi connectivity index (χ0) is 24.9. The molecule has 1 aliphatic rings. The summed E-state index contributed by atoms with van der Waals surface area (Å²) < 4.78 is 21.0. The third kappa shape index (κ3) is 5.06. The number of nitrogens with zero attached hydrogens (tertiary/aromatic N) is 2. The van der Waals surface area contributed by atoms with Gasteiger partial charge >= 0.3 is 6.03 Å². The molecule has 0 bridgehead atoms. The second-order valence-corrected chi connectivity index (χ2v) is 7.73. The maximum absolute atomic E-state index is 13.4. The van der Waals surface area contributed by atoms with Crippen LogP contribution < -0.4 is 24.4 Å². The van der Waals surface area contributed by atoms with Crippen molar-refractivity contribution in [3.05, 3.63) is 66.6 Å². The number of rotatable bonds is 9. The zero-order valence-electron chi connectivity index (χ0n) is 19.5. The number of ether oxygens (including phenoxy) is 3. The number of anilines is 2. The van der Waals surface area contributed by atoms with Gasteiger partial charge in [-0.3, -0.25) is 9.59 Å². The molecule has 4 rings (SSSR count). The molecule has 2 aromatic carbocycles. The molecule has 0 saturated carbocycles. The first kappa shape index (κ1) is 23.7. The van der Waals surface area contributed by atoms with E-state index in [1.807, 2.05) is 0 Å². The van der Waals surface area contributed by atoms with Gasteiger partial charge in [0.15, 0.2) is 0 Å². The van der Waals surface area contributed by atoms with Gasteiger partial charge in [0.25, 0.3) is 5.91 Å². The molecule has 1 aromatic heterocycles. The van der Waals surface area contributed by atoms with Crippen LogP contribution >= 0.6 is 0 Å². The SMILES string of the molecule is COc1ccc(N2C(=O)[C@H](CC(=O)Nc3cc(OC)cc(OC)c3)N(Cc3ccco3)C2=O)cc1. The summed E-state index contributed by atoms with van der Waals surface area (Å²) in [6, 6.07) is 13.3. The lowest BCUT2D eigenvalue weighted by Crippen LogP contribution is -2.37. The minimum absolute atomic E-state index is 0.0369. The van der Waals surface area contributed by atoms with Crippen LogP contribution in [0.3, 0.4) is 0 Å². The summed E-state index contributed by atoms with van der Waals surface area (Å²) >= 11 is 0. The first-order valence-electron chi connectivity index (χ1n) is 10.8. The van der Waals surface area contributed by atoms with Crippen LogP contribution in [-0.2, 0) is 16.1 Å². The predicted molar refractivity (Wildman–Crippen MR) is 127 cm³/mol. The van der Waals surface area contributed by atoms with Crippen LogP contribution in [0.2, 0.25) is 0 Å². The number of urea groups is 1. The molecule has 0 aliphatic carbocycles. The molecular weight excluding hydrogens is 454 g/mol. The Labute approximate surface area is 202 Å². The van der Waals surface area contributed by atoms with Gasteiger partial charge < -0.3 is 28.8 Å². The van der Waals surface area contributed by atoms with Crippen molar-refractivity contribution >= 4 is 29.2 Å². The van der Waals surface area contributed by atoms with Crippen molar-refractivity contribution in [2.45, 2.75) is 19.0 Å². The number of methoxy groups -OCH3 is 3. The number of benzene rings is 2. The third-order valence-electron chi connectivity index (χ3n) is 5.57. The summed E-state index contributed by atoms with van der Waals surface area (Å²) in [5.74, 6) is 1.11. The van der Waals surface area contributed by atoms with Crippen LogP contribution in [0.1, 0.15) is 12.2 Å². The Kier molecular flexibility index (Phi) is 6.91. The van der Waals surface area contributed by atoms with Crippen molar-refractivity contribution in [1.82, 2.24) is 4.90 Å². The molecule has 35 heavy (non-hydrogen) atoms. The maximum Gasteiger partial charge on any atom is 0.332 e. The summed E-state index contributed by atoms with van der Waals surface area (Å²) in [6.45, 7) is 0.0369. The van der Waals surface area contributed by atoms with E-state index in [1.165, 1.54) is 32.5 Å². The summed E-state index contributed by atoms with van der Waals surface area (Å²) in [7, 11) is 4.53. The van der Waals surface area contributed by atoms with Crippen LogP contribution in [0.5, 0.6) is 17.2 Å². The van der Waals surface area contributed by atoms with E-state index in [-0.39, 0.29) is 13.0 Å². The molecule has 1 aliphatic heterocycles. The highest BCUT2D eigenvalue weighted by molar-refractivity contribution is 6.22. The standard InChI is InChI=1S/C25H25N3O7/c1-32-18-8-6-17(7-9-18)28-24(30)22(27(25(28)31)15-19-5-4-10-35-19)14-23(29)26-16-11-20(33-2)13-21(12-16)34-3/h4-13,22H,14-15H2,1-3H3,(H,26,29)/t22-/m0/s1. The van der Waals surface area contributed by atoms with E-state index in [4.69, 9.17) is 18.6 Å². The molecule has 0 spiro atoms. The molecule has 1 atom stereocenters. The molecule has 2 heterocycles. The summed E-state index contributed by atoms with van der Waals surface area (Å²) in [5, 5.41) is 2.76. The van der Waals surface area contributed by atoms with E-state index in [9.17, 15) is 14.4 Å². The summed E-state index contributed by atoms with van der Waals surface area (Å²) in [5.41, 5.74) is 0.818. The predicted octanol–water partition coefficient (Wildman–Crippen LogP) is 3.67. The van der Waals surface area contributed by atoms with Gasteiger partial charge in [-0.1, -0.05) is 0 Å². The number of hydrogen-bond acceptors (Lipinski definition) is 7. The summed E-state index contributed by atoms with van der Waals surface area (Å²) in [6.07, 6.45) is 1.23. The fourth-order valence-electron chi connectivity index (χ4n) is 3.82. The van der Waals surface area contributed by atoms with Gasteiger partial charge in [-0.05, 0) is 36.4 Å². The maximum atomic E-state index is 13.4. The average Bonchev–Trinajstić information content (AvgIpc) is 3.46. The van der Waals surface area contributed by atoms with Crippen molar-refractivity contribution < 1.29 is 33.0 Å². The quantitative estimate of drug-likeness (QED) is 0.466. The fraction of sp³-hybridized carbons (Fsp3) is 0.240. The van der Waals surface area contributed by atoms with Crippen molar-refractivity contribution in [3.8, 4) is 17.2 Å². The highest BCUT2D eigenvalue weighted by Crippen LogP contribution is 2.31. The Morgan fingerprint density at radius 3 is 2.17 bits per heavy atom. The van der Waals surface area contributed by atoms with E-state index < -0.39 is 23.9 Å². The lowest BCUT2D eigenvalue weighted by atomic mass is 10.1. The molecule has 1 N–H and O–H groups in total. The van der Waals surface area contributed by atoms with Crippen LogP contribution in [0.25, 0.3) is 0 Å². The Bertz CT molecular complexity index is 1190. The Balaban J connectivity index is 1.58. The fourth-order valence-corrected chi connectivity index (χ4v) is 3.82. The van der Waals surface area contributed by atoms with Crippen LogP contribution in [-0.4, -0.2) is 50.1 Å². The van der Waals surface area contributed by atoms with Crippen LogP contribution in [0.4, 0.5) is 16.2 Å². The normalized spacial score (nSPS) is 15.3. The second kappa shape index (κ2) is 10.2. The molecule has 182 valence electrons. The Morgan fingerprint density at radius 2 is 1.60 bits per heavy atom. The van der Waals surface area contributed by atoms with Gasteiger partial charge in [0.2, 0.25) is 5.91 Å². The van der Waals surface area contributed by atoms with Gasteiger partial charge in [0, 0.05) is 23.9 Å². The molecule has 0 unspecified atom stereocenters. The highest BCUT2D eigenvalue weighted by atomic mass is 16.5. The van der Waals surface area contributed by atoms with E-state index in [1.54, 1.807) is 54.6 Å². The number of furan rings is 1. The largest absolute Gasteiger partial charge is 0.497 e. The smallest absolute Gasteiger partial charge is 0.332 e. The third-order valence-corrected chi connectivity index (χ3v) is 5.57. The molecule has 1 saturated heterocycles. The number of amides is 4. The molecular formula is C25H25N3O7. The lowest BCUT2D eigenvalue weighted by molar-refractivity contribution is -0.124. The van der Waals surface area contributed by atoms with Gasteiger partial charge in [0.05, 0.1) is 46.2 Å². The van der Waals surface area contributed by atoms with Crippen molar-refractivity contribution in [3.63, 3.8) is 0 Å². The van der Waals surface area contributed by atoms with Crippen molar-refractivity contribution in [2.75, 3.05) is 31.5 Å². The topological polar surface area (TPSA) is 111 Å². The minimum Gasteiger partial charge on any atom is -0.497 e.